The quantitative estimate of drug-likeness (QED) is 0.0197. The van der Waals surface area contributed by atoms with E-state index in [1.54, 1.807) is 0 Å². The SMILES string of the molecule is CC/C=C\C/C=C\C/C=C\C/C=C\C/C=C\C/C=C\CCC(=O)OCC(COP(=O)(O)OCC(CO)OC(=O)CCCCCCC/C=C\CCCCCC)OC(=O)CCCCCCC/C=C\C/C=C\CCCCC. The summed E-state index contributed by atoms with van der Waals surface area (Å²) >= 11 is 0. The molecule has 0 saturated heterocycles. The Hall–Kier alpha value is -3.86. The molecule has 2 N–H and O–H groups in total. The lowest BCUT2D eigenvalue weighted by atomic mass is 10.1. The highest BCUT2D eigenvalue weighted by atomic mass is 31.2. The Bertz CT molecular complexity index is 1660. The molecule has 0 heterocycles. The van der Waals surface area contributed by atoms with E-state index in [2.05, 4.69) is 118 Å². The third-order valence-electron chi connectivity index (χ3n) is 11.7. The Labute approximate surface area is 450 Å². The number of carbonyl (C=O) groups is 3. The highest BCUT2D eigenvalue weighted by Crippen LogP contribution is 2.43. The van der Waals surface area contributed by atoms with Crippen LogP contribution in [-0.2, 0) is 42.2 Å². The number of unbranched alkanes of at least 4 members (excludes halogenated alkanes) is 17. The Morgan fingerprint density at radius 1 is 0.392 bits per heavy atom. The summed E-state index contributed by atoms with van der Waals surface area (Å²) in [6.07, 6.45) is 66.3. The summed E-state index contributed by atoms with van der Waals surface area (Å²) in [6.45, 7) is 4.37. The molecule has 422 valence electrons. The fourth-order valence-electron chi connectivity index (χ4n) is 7.29. The van der Waals surface area contributed by atoms with Crippen molar-refractivity contribution in [3.8, 4) is 0 Å². The Balaban J connectivity index is 4.87. The van der Waals surface area contributed by atoms with Crippen molar-refractivity contribution in [3.05, 3.63) is 109 Å². The van der Waals surface area contributed by atoms with Crippen molar-refractivity contribution in [2.45, 2.75) is 238 Å². The minimum atomic E-state index is -4.77. The van der Waals surface area contributed by atoms with Gasteiger partial charge in [0.1, 0.15) is 12.7 Å². The number of aliphatic hydroxyl groups is 1. The second-order valence-electron chi connectivity index (χ2n) is 18.7. The first-order chi connectivity index (χ1) is 36.2. The number of esters is 3. The fourth-order valence-corrected chi connectivity index (χ4v) is 8.07. The molecule has 0 rings (SSSR count). The molecule has 0 aliphatic carbocycles. The van der Waals surface area contributed by atoms with E-state index in [4.69, 9.17) is 23.3 Å². The van der Waals surface area contributed by atoms with E-state index in [-0.39, 0.29) is 25.9 Å². The molecular formula is C62H103O11P. The Morgan fingerprint density at radius 3 is 1.18 bits per heavy atom. The topological polar surface area (TPSA) is 155 Å². The maximum absolute atomic E-state index is 12.9. The van der Waals surface area contributed by atoms with Crippen LogP contribution in [-0.4, -0.2) is 66.5 Å². The molecule has 12 heteroatoms. The van der Waals surface area contributed by atoms with E-state index in [0.29, 0.717) is 19.3 Å². The molecule has 0 aromatic carbocycles. The standard InChI is InChI=1S/C62H103O11P/c1-4-7-10-13-16-19-22-25-27-28-29-30-32-34-36-39-42-45-48-51-60(64)69-55-59(73-62(66)53-50-47-44-41-38-35-31-26-23-20-17-14-11-8-5-2)57-71-74(67,68)70-56-58(54-63)72-61(65)52-49-46-43-40-37-33-24-21-18-15-12-9-6-3/h7,10,16-17,19-21,24-27,29-31,34,36,42,45,58-59,63H,4-6,8-9,11-15,18,22-23,28,32-33,35,37-41,43-44,46-57H2,1-3H3,(H,67,68)/b10-7-,19-16-,20-17-,24-21-,27-25-,30-29-,31-26-,36-34-,45-42-. The molecule has 0 spiro atoms. The highest BCUT2D eigenvalue weighted by Gasteiger charge is 2.28. The Kier molecular flexibility index (Phi) is 52.5. The van der Waals surface area contributed by atoms with Crippen molar-refractivity contribution in [1.82, 2.24) is 0 Å². The summed E-state index contributed by atoms with van der Waals surface area (Å²) in [4.78, 5) is 48.5. The van der Waals surface area contributed by atoms with Crippen molar-refractivity contribution >= 4 is 25.7 Å². The van der Waals surface area contributed by atoms with E-state index in [1.807, 2.05) is 12.2 Å². The van der Waals surface area contributed by atoms with Gasteiger partial charge >= 0.3 is 25.7 Å². The molecule has 0 aliphatic rings. The van der Waals surface area contributed by atoms with Crippen LogP contribution in [0.4, 0.5) is 0 Å². The van der Waals surface area contributed by atoms with E-state index in [0.717, 1.165) is 122 Å². The predicted octanol–water partition coefficient (Wildman–Crippen LogP) is 17.0. The van der Waals surface area contributed by atoms with Crippen LogP contribution in [0.3, 0.4) is 0 Å². The zero-order valence-corrected chi connectivity index (χ0v) is 47.4. The van der Waals surface area contributed by atoms with Crippen molar-refractivity contribution in [1.29, 1.82) is 0 Å². The first-order valence-corrected chi connectivity index (χ1v) is 30.3. The first kappa shape index (κ1) is 70.1. The van der Waals surface area contributed by atoms with Gasteiger partial charge in [-0.2, -0.15) is 0 Å². The number of phosphoric ester groups is 1. The second kappa shape index (κ2) is 55.4. The van der Waals surface area contributed by atoms with E-state index in [9.17, 15) is 28.9 Å². The molecule has 0 radical (unpaired) electrons. The molecule has 3 unspecified atom stereocenters. The third-order valence-corrected chi connectivity index (χ3v) is 12.6. The summed E-state index contributed by atoms with van der Waals surface area (Å²) in [5.41, 5.74) is 0. The summed E-state index contributed by atoms with van der Waals surface area (Å²) in [6, 6.07) is 0. The zero-order valence-electron chi connectivity index (χ0n) is 46.5. The lowest BCUT2D eigenvalue weighted by Gasteiger charge is -2.21. The van der Waals surface area contributed by atoms with Crippen LogP contribution in [0.15, 0.2) is 109 Å². The second-order valence-corrected chi connectivity index (χ2v) is 20.2. The summed E-state index contributed by atoms with van der Waals surface area (Å²) in [5, 5.41) is 9.80. The van der Waals surface area contributed by atoms with Gasteiger partial charge in [-0.15, -0.1) is 0 Å². The van der Waals surface area contributed by atoms with Gasteiger partial charge in [0.05, 0.1) is 19.8 Å². The summed E-state index contributed by atoms with van der Waals surface area (Å²) in [7, 11) is -4.77. The Morgan fingerprint density at radius 2 is 0.730 bits per heavy atom. The number of allylic oxidation sites excluding steroid dienone is 18. The minimum absolute atomic E-state index is 0.0930. The van der Waals surface area contributed by atoms with Crippen molar-refractivity contribution in [2.75, 3.05) is 26.4 Å². The van der Waals surface area contributed by atoms with Crippen molar-refractivity contribution in [3.63, 3.8) is 0 Å². The van der Waals surface area contributed by atoms with Crippen molar-refractivity contribution < 1.29 is 52.2 Å². The number of carbonyl (C=O) groups excluding carboxylic acids is 3. The number of hydrogen-bond donors (Lipinski definition) is 2. The monoisotopic (exact) mass is 1050 g/mol. The average molecular weight is 1060 g/mol. The smallest absolute Gasteiger partial charge is 0.462 e. The molecule has 11 nitrogen and oxygen atoms in total. The normalized spacial score (nSPS) is 14.2. The van der Waals surface area contributed by atoms with E-state index < -0.39 is 57.8 Å². The van der Waals surface area contributed by atoms with Crippen LogP contribution in [0, 0.1) is 0 Å². The van der Waals surface area contributed by atoms with Gasteiger partial charge in [0.15, 0.2) is 6.10 Å². The molecule has 0 saturated carbocycles. The molecule has 0 fully saturated rings. The van der Waals surface area contributed by atoms with Gasteiger partial charge in [-0.1, -0.05) is 201 Å². The van der Waals surface area contributed by atoms with Crippen LogP contribution in [0.2, 0.25) is 0 Å². The van der Waals surface area contributed by atoms with Crippen LogP contribution in [0.1, 0.15) is 226 Å². The molecular weight excluding hydrogens is 952 g/mol. The van der Waals surface area contributed by atoms with E-state index >= 15 is 0 Å². The maximum atomic E-state index is 12.9. The predicted molar refractivity (Wildman–Crippen MR) is 307 cm³/mol. The van der Waals surface area contributed by atoms with Gasteiger partial charge in [0.25, 0.3) is 0 Å². The molecule has 0 aliphatic heterocycles. The molecule has 0 amide bonds. The third kappa shape index (κ3) is 53.0. The van der Waals surface area contributed by atoms with Crippen LogP contribution < -0.4 is 0 Å². The van der Waals surface area contributed by atoms with Gasteiger partial charge in [0.2, 0.25) is 0 Å². The maximum Gasteiger partial charge on any atom is 0.472 e. The lowest BCUT2D eigenvalue weighted by molar-refractivity contribution is -0.161. The number of ether oxygens (including phenoxy) is 3. The summed E-state index contributed by atoms with van der Waals surface area (Å²) < 4.78 is 39.4. The van der Waals surface area contributed by atoms with Gasteiger partial charge in [-0.25, -0.2) is 4.57 Å². The largest absolute Gasteiger partial charge is 0.472 e. The van der Waals surface area contributed by atoms with Crippen LogP contribution >= 0.6 is 7.82 Å². The molecule has 3 atom stereocenters. The van der Waals surface area contributed by atoms with Gasteiger partial charge in [-0.3, -0.25) is 23.4 Å². The summed E-state index contributed by atoms with van der Waals surface area (Å²) in [5.74, 6) is -1.60. The van der Waals surface area contributed by atoms with Gasteiger partial charge in [0, 0.05) is 19.3 Å². The van der Waals surface area contributed by atoms with Crippen molar-refractivity contribution in [2.24, 2.45) is 0 Å². The van der Waals surface area contributed by atoms with Crippen LogP contribution in [0.5, 0.6) is 0 Å². The first-order valence-electron chi connectivity index (χ1n) is 28.8. The number of phosphoric acid groups is 1. The highest BCUT2D eigenvalue weighted by molar-refractivity contribution is 7.47. The molecule has 0 bridgehead atoms. The number of aliphatic hydroxyl groups excluding tert-OH is 1. The van der Waals surface area contributed by atoms with Gasteiger partial charge < -0.3 is 24.2 Å². The van der Waals surface area contributed by atoms with E-state index in [1.165, 1.54) is 44.9 Å². The van der Waals surface area contributed by atoms with Gasteiger partial charge in [-0.05, 0) is 116 Å². The number of rotatable bonds is 52. The lowest BCUT2D eigenvalue weighted by Crippen LogP contribution is -2.30. The molecule has 0 aromatic heterocycles. The fraction of sp³-hybridized carbons (Fsp3) is 0.661. The number of hydrogen-bond acceptors (Lipinski definition) is 10. The molecule has 0 aromatic rings. The molecule has 74 heavy (non-hydrogen) atoms. The van der Waals surface area contributed by atoms with Crippen LogP contribution in [0.25, 0.3) is 0 Å². The average Bonchev–Trinajstić information content (AvgIpc) is 3.39. The minimum Gasteiger partial charge on any atom is -0.462 e. The zero-order chi connectivity index (χ0) is 54.1.